The van der Waals surface area contributed by atoms with Gasteiger partial charge in [0.15, 0.2) is 0 Å². The molecule has 1 aromatic heterocycles. The first-order chi connectivity index (χ1) is 9.29. The molecule has 2 rings (SSSR count). The van der Waals surface area contributed by atoms with Gasteiger partial charge in [-0.15, -0.1) is 11.8 Å². The lowest BCUT2D eigenvalue weighted by molar-refractivity contribution is 0.598. The van der Waals surface area contributed by atoms with Gasteiger partial charge in [-0.3, -0.25) is 0 Å². The molecule has 3 heteroatoms. The summed E-state index contributed by atoms with van der Waals surface area (Å²) in [5, 5.41) is 7.82. The summed E-state index contributed by atoms with van der Waals surface area (Å²) in [6.07, 6.45) is 1.16. The number of aryl methyl sites for hydroxylation is 1. The molecule has 1 atom stereocenters. The lowest BCUT2D eigenvalue weighted by Gasteiger charge is -2.13. The van der Waals surface area contributed by atoms with Crippen LogP contribution in [0.25, 0.3) is 0 Å². The summed E-state index contributed by atoms with van der Waals surface area (Å²) in [6, 6.07) is 11.6. The van der Waals surface area contributed by atoms with Crippen molar-refractivity contribution in [1.82, 2.24) is 5.32 Å². The second kappa shape index (κ2) is 7.73. The van der Waals surface area contributed by atoms with E-state index < -0.39 is 0 Å². The third-order valence-electron chi connectivity index (χ3n) is 3.13. The summed E-state index contributed by atoms with van der Waals surface area (Å²) in [5.74, 6) is 1.15. The Hall–Kier alpha value is -0.770. The van der Waals surface area contributed by atoms with E-state index in [0.717, 1.165) is 18.7 Å². The van der Waals surface area contributed by atoms with Crippen molar-refractivity contribution in [3.8, 4) is 0 Å². The van der Waals surface area contributed by atoms with Crippen LogP contribution in [0.15, 0.2) is 46.0 Å². The van der Waals surface area contributed by atoms with E-state index in [-0.39, 0.29) is 0 Å². The van der Waals surface area contributed by atoms with Gasteiger partial charge in [0.2, 0.25) is 0 Å². The van der Waals surface area contributed by atoms with Crippen LogP contribution in [0, 0.1) is 0 Å². The Kier molecular flexibility index (Phi) is 5.95. The number of thiophene rings is 1. The SMILES string of the molecule is CCNC(C)c1ccc(SCCc2ccsc2)cc1. The average Bonchev–Trinajstić information content (AvgIpc) is 2.93. The second-order valence-electron chi connectivity index (χ2n) is 4.58. The molecule has 1 heterocycles. The van der Waals surface area contributed by atoms with E-state index in [0.29, 0.717) is 6.04 Å². The van der Waals surface area contributed by atoms with Gasteiger partial charge in [0.1, 0.15) is 0 Å². The number of hydrogen-bond donors (Lipinski definition) is 1. The van der Waals surface area contributed by atoms with Gasteiger partial charge in [-0.2, -0.15) is 11.3 Å². The molecule has 0 aliphatic heterocycles. The van der Waals surface area contributed by atoms with E-state index >= 15 is 0 Å². The standard InChI is InChI=1S/C16H21NS2/c1-3-17-13(2)15-4-6-16(7-5-15)19-11-9-14-8-10-18-12-14/h4-8,10,12-13,17H,3,9,11H2,1-2H3. The molecule has 0 radical (unpaired) electrons. The van der Waals surface area contributed by atoms with Crippen molar-refractivity contribution in [2.24, 2.45) is 0 Å². The lowest BCUT2D eigenvalue weighted by atomic mass is 10.1. The van der Waals surface area contributed by atoms with Crippen molar-refractivity contribution in [3.63, 3.8) is 0 Å². The number of hydrogen-bond acceptors (Lipinski definition) is 3. The second-order valence-corrected chi connectivity index (χ2v) is 6.53. The highest BCUT2D eigenvalue weighted by molar-refractivity contribution is 7.99. The van der Waals surface area contributed by atoms with Crippen LogP contribution in [-0.2, 0) is 6.42 Å². The van der Waals surface area contributed by atoms with Crippen LogP contribution in [0.2, 0.25) is 0 Å². The van der Waals surface area contributed by atoms with E-state index in [1.54, 1.807) is 11.3 Å². The Balaban J connectivity index is 1.81. The maximum Gasteiger partial charge on any atom is 0.0291 e. The molecule has 0 fully saturated rings. The van der Waals surface area contributed by atoms with E-state index in [2.05, 4.69) is 60.3 Å². The van der Waals surface area contributed by atoms with E-state index in [9.17, 15) is 0 Å². The van der Waals surface area contributed by atoms with Gasteiger partial charge < -0.3 is 5.32 Å². The zero-order chi connectivity index (χ0) is 13.5. The molecule has 0 amide bonds. The molecule has 1 aromatic carbocycles. The van der Waals surface area contributed by atoms with Gasteiger partial charge >= 0.3 is 0 Å². The number of thioether (sulfide) groups is 1. The zero-order valence-corrected chi connectivity index (χ0v) is 13.2. The largest absolute Gasteiger partial charge is 0.310 e. The molecule has 0 bridgehead atoms. The fourth-order valence-electron chi connectivity index (χ4n) is 2.00. The average molecular weight is 291 g/mol. The summed E-state index contributed by atoms with van der Waals surface area (Å²) in [4.78, 5) is 1.36. The van der Waals surface area contributed by atoms with Crippen LogP contribution in [0.1, 0.15) is 31.0 Å². The molecule has 1 unspecified atom stereocenters. The minimum absolute atomic E-state index is 0.440. The normalized spacial score (nSPS) is 12.5. The van der Waals surface area contributed by atoms with Crippen LogP contribution in [0.3, 0.4) is 0 Å². The van der Waals surface area contributed by atoms with Gasteiger partial charge in [0, 0.05) is 16.7 Å². The third kappa shape index (κ3) is 4.68. The minimum Gasteiger partial charge on any atom is -0.310 e. The Morgan fingerprint density at radius 1 is 1.21 bits per heavy atom. The molecular formula is C16H21NS2. The highest BCUT2D eigenvalue weighted by Gasteiger charge is 2.03. The molecule has 1 N–H and O–H groups in total. The molecule has 2 aromatic rings. The molecule has 19 heavy (non-hydrogen) atoms. The van der Waals surface area contributed by atoms with Gasteiger partial charge in [-0.1, -0.05) is 19.1 Å². The Morgan fingerprint density at radius 2 is 2.00 bits per heavy atom. The van der Waals surface area contributed by atoms with Gasteiger partial charge in [0.05, 0.1) is 0 Å². The fourth-order valence-corrected chi connectivity index (χ4v) is 3.60. The number of benzene rings is 1. The third-order valence-corrected chi connectivity index (χ3v) is 4.88. The van der Waals surface area contributed by atoms with Crippen molar-refractivity contribution in [2.45, 2.75) is 31.2 Å². The predicted octanol–water partition coefficient (Wildman–Crippen LogP) is 4.75. The van der Waals surface area contributed by atoms with Gasteiger partial charge in [0.25, 0.3) is 0 Å². The summed E-state index contributed by atoms with van der Waals surface area (Å²) in [7, 11) is 0. The number of nitrogens with one attached hydrogen (secondary N) is 1. The smallest absolute Gasteiger partial charge is 0.0291 e. The van der Waals surface area contributed by atoms with Crippen molar-refractivity contribution < 1.29 is 0 Å². The Labute approximate surface area is 124 Å². The van der Waals surface area contributed by atoms with Gasteiger partial charge in [-0.05, 0) is 60.0 Å². The molecular weight excluding hydrogens is 270 g/mol. The van der Waals surface area contributed by atoms with E-state index in [1.165, 1.54) is 16.0 Å². The topological polar surface area (TPSA) is 12.0 Å². The van der Waals surface area contributed by atoms with Crippen molar-refractivity contribution >= 4 is 23.1 Å². The van der Waals surface area contributed by atoms with Crippen molar-refractivity contribution in [2.75, 3.05) is 12.3 Å². The molecule has 0 aliphatic carbocycles. The molecule has 0 spiro atoms. The van der Waals surface area contributed by atoms with Crippen LogP contribution in [0.5, 0.6) is 0 Å². The lowest BCUT2D eigenvalue weighted by Crippen LogP contribution is -2.17. The highest BCUT2D eigenvalue weighted by atomic mass is 32.2. The Bertz CT molecular complexity index is 462. The van der Waals surface area contributed by atoms with Crippen LogP contribution in [0.4, 0.5) is 0 Å². The van der Waals surface area contributed by atoms with E-state index in [4.69, 9.17) is 0 Å². The van der Waals surface area contributed by atoms with Crippen LogP contribution in [-0.4, -0.2) is 12.3 Å². The first-order valence-electron chi connectivity index (χ1n) is 6.77. The highest BCUT2D eigenvalue weighted by Crippen LogP contribution is 2.22. The van der Waals surface area contributed by atoms with Crippen LogP contribution < -0.4 is 5.32 Å². The first kappa shape index (κ1) is 14.6. The maximum absolute atomic E-state index is 3.44. The maximum atomic E-state index is 3.44. The van der Waals surface area contributed by atoms with Crippen molar-refractivity contribution in [3.05, 3.63) is 52.2 Å². The molecule has 102 valence electrons. The fraction of sp³-hybridized carbons (Fsp3) is 0.375. The van der Waals surface area contributed by atoms with E-state index in [1.807, 2.05) is 11.8 Å². The quantitative estimate of drug-likeness (QED) is 0.739. The number of rotatable bonds is 7. The summed E-state index contributed by atoms with van der Waals surface area (Å²) in [6.45, 7) is 5.37. The molecule has 0 saturated carbocycles. The first-order valence-corrected chi connectivity index (χ1v) is 8.69. The molecule has 0 saturated heterocycles. The predicted molar refractivity (Wildman–Crippen MR) is 87.3 cm³/mol. The molecule has 1 nitrogen and oxygen atoms in total. The summed E-state index contributed by atoms with van der Waals surface area (Å²) < 4.78 is 0. The Morgan fingerprint density at radius 3 is 2.63 bits per heavy atom. The van der Waals surface area contributed by atoms with Gasteiger partial charge in [-0.25, -0.2) is 0 Å². The summed E-state index contributed by atoms with van der Waals surface area (Å²) >= 11 is 3.72. The van der Waals surface area contributed by atoms with Crippen molar-refractivity contribution in [1.29, 1.82) is 0 Å². The molecule has 0 aliphatic rings. The van der Waals surface area contributed by atoms with Crippen LogP contribution >= 0.6 is 23.1 Å². The monoisotopic (exact) mass is 291 g/mol. The zero-order valence-electron chi connectivity index (χ0n) is 11.6. The summed E-state index contributed by atoms with van der Waals surface area (Å²) in [5.41, 5.74) is 2.82. The minimum atomic E-state index is 0.440.